The summed E-state index contributed by atoms with van der Waals surface area (Å²) in [6.45, 7) is 1.63. The van der Waals surface area contributed by atoms with Gasteiger partial charge in [-0.2, -0.15) is 0 Å². The van der Waals surface area contributed by atoms with Gasteiger partial charge in [-0.05, 0) is 17.7 Å². The summed E-state index contributed by atoms with van der Waals surface area (Å²) in [4.78, 5) is 16.1. The minimum absolute atomic E-state index is 0.181. The zero-order valence-corrected chi connectivity index (χ0v) is 11.2. The number of para-hydroxylation sites is 1. The van der Waals surface area contributed by atoms with Crippen LogP contribution in [-0.4, -0.2) is 37.9 Å². The lowest BCUT2D eigenvalue weighted by Gasteiger charge is -2.24. The van der Waals surface area contributed by atoms with Gasteiger partial charge in [0.15, 0.2) is 0 Å². The molecule has 20 heavy (non-hydrogen) atoms. The van der Waals surface area contributed by atoms with Gasteiger partial charge in [-0.15, -0.1) is 0 Å². The van der Waals surface area contributed by atoms with Gasteiger partial charge in [-0.25, -0.2) is 9.78 Å². The SMILES string of the molecule is COC(=O)c1cc(C2COCCO2)c2ccccc2n1. The van der Waals surface area contributed by atoms with E-state index in [1.807, 2.05) is 24.3 Å². The van der Waals surface area contributed by atoms with Crippen molar-refractivity contribution in [3.8, 4) is 0 Å². The average Bonchev–Trinajstić information content (AvgIpc) is 2.54. The van der Waals surface area contributed by atoms with E-state index in [1.54, 1.807) is 6.07 Å². The lowest BCUT2D eigenvalue weighted by atomic mass is 10.0. The van der Waals surface area contributed by atoms with Crippen molar-refractivity contribution in [3.63, 3.8) is 0 Å². The van der Waals surface area contributed by atoms with Gasteiger partial charge < -0.3 is 14.2 Å². The van der Waals surface area contributed by atoms with Crippen LogP contribution in [0.2, 0.25) is 0 Å². The Morgan fingerprint density at radius 2 is 2.20 bits per heavy atom. The second kappa shape index (κ2) is 5.56. The quantitative estimate of drug-likeness (QED) is 0.784. The van der Waals surface area contributed by atoms with Crippen molar-refractivity contribution in [2.24, 2.45) is 0 Å². The lowest BCUT2D eigenvalue weighted by Crippen LogP contribution is -2.22. The van der Waals surface area contributed by atoms with E-state index in [0.717, 1.165) is 16.5 Å². The molecule has 1 aromatic heterocycles. The molecule has 2 heterocycles. The molecule has 1 fully saturated rings. The first-order chi connectivity index (χ1) is 9.79. The van der Waals surface area contributed by atoms with Crippen molar-refractivity contribution >= 4 is 16.9 Å². The molecule has 1 aromatic carbocycles. The molecular weight excluding hydrogens is 258 g/mol. The molecule has 0 N–H and O–H groups in total. The molecule has 3 rings (SSSR count). The van der Waals surface area contributed by atoms with Crippen LogP contribution in [0.25, 0.3) is 10.9 Å². The number of carbonyl (C=O) groups is 1. The molecule has 0 radical (unpaired) electrons. The fourth-order valence-corrected chi connectivity index (χ4v) is 2.35. The van der Waals surface area contributed by atoms with E-state index in [2.05, 4.69) is 4.98 Å². The highest BCUT2D eigenvalue weighted by molar-refractivity contribution is 5.92. The van der Waals surface area contributed by atoms with E-state index >= 15 is 0 Å². The predicted molar refractivity (Wildman–Crippen MR) is 72.6 cm³/mol. The Hall–Kier alpha value is -1.98. The molecule has 104 valence electrons. The largest absolute Gasteiger partial charge is 0.464 e. The summed E-state index contributed by atoms with van der Waals surface area (Å²) in [5.74, 6) is -0.450. The molecule has 0 saturated carbocycles. The fraction of sp³-hybridized carbons (Fsp3) is 0.333. The standard InChI is InChI=1S/C15H15NO4/c1-18-15(17)13-8-11(14-9-19-6-7-20-14)10-4-2-3-5-12(10)16-13/h2-5,8,14H,6-7,9H2,1H3. The van der Waals surface area contributed by atoms with Crippen LogP contribution < -0.4 is 0 Å². The maximum absolute atomic E-state index is 11.7. The Kier molecular flexibility index (Phi) is 3.62. The Labute approximate surface area is 116 Å². The molecule has 0 amide bonds. The minimum atomic E-state index is -0.450. The van der Waals surface area contributed by atoms with Crippen molar-refractivity contribution in [1.29, 1.82) is 0 Å². The molecule has 0 aliphatic carbocycles. The maximum atomic E-state index is 11.7. The van der Waals surface area contributed by atoms with Crippen LogP contribution in [0.1, 0.15) is 22.2 Å². The number of aromatic nitrogens is 1. The molecule has 0 spiro atoms. The van der Waals surface area contributed by atoms with Gasteiger partial charge in [-0.1, -0.05) is 18.2 Å². The van der Waals surface area contributed by atoms with Gasteiger partial charge in [0.05, 0.1) is 32.4 Å². The van der Waals surface area contributed by atoms with Crippen LogP contribution in [-0.2, 0) is 14.2 Å². The lowest BCUT2D eigenvalue weighted by molar-refractivity contribution is -0.0896. The van der Waals surface area contributed by atoms with Crippen LogP contribution in [0.15, 0.2) is 30.3 Å². The zero-order chi connectivity index (χ0) is 13.9. The van der Waals surface area contributed by atoms with Gasteiger partial charge in [0.1, 0.15) is 11.8 Å². The number of carbonyl (C=O) groups excluding carboxylic acids is 1. The third-order valence-corrected chi connectivity index (χ3v) is 3.31. The molecule has 1 aliphatic rings. The summed E-state index contributed by atoms with van der Waals surface area (Å²) >= 11 is 0. The molecule has 5 nitrogen and oxygen atoms in total. The van der Waals surface area contributed by atoms with E-state index in [0.29, 0.717) is 19.8 Å². The highest BCUT2D eigenvalue weighted by atomic mass is 16.6. The third kappa shape index (κ3) is 2.37. The zero-order valence-electron chi connectivity index (χ0n) is 11.2. The predicted octanol–water partition coefficient (Wildman–Crippen LogP) is 2.11. The highest BCUT2D eigenvalue weighted by Gasteiger charge is 2.21. The van der Waals surface area contributed by atoms with Crippen LogP contribution in [0.3, 0.4) is 0 Å². The Morgan fingerprint density at radius 1 is 1.35 bits per heavy atom. The van der Waals surface area contributed by atoms with E-state index in [9.17, 15) is 4.79 Å². The van der Waals surface area contributed by atoms with Crippen LogP contribution in [0.5, 0.6) is 0 Å². The molecule has 1 atom stereocenters. The van der Waals surface area contributed by atoms with Crippen LogP contribution in [0, 0.1) is 0 Å². The Bertz CT molecular complexity index is 635. The number of rotatable bonds is 2. The summed E-state index contributed by atoms with van der Waals surface area (Å²) in [7, 11) is 1.35. The Balaban J connectivity index is 2.13. The Morgan fingerprint density at radius 3 is 2.95 bits per heavy atom. The summed E-state index contributed by atoms with van der Waals surface area (Å²) in [6, 6.07) is 9.40. The number of nitrogens with zero attached hydrogens (tertiary/aromatic N) is 1. The first-order valence-electron chi connectivity index (χ1n) is 6.47. The fourth-order valence-electron chi connectivity index (χ4n) is 2.35. The number of pyridine rings is 1. The first-order valence-corrected chi connectivity index (χ1v) is 6.47. The van der Waals surface area contributed by atoms with Crippen LogP contribution in [0.4, 0.5) is 0 Å². The molecule has 2 aromatic rings. The van der Waals surface area contributed by atoms with Gasteiger partial charge in [0.25, 0.3) is 0 Å². The topological polar surface area (TPSA) is 57.7 Å². The molecule has 0 bridgehead atoms. The number of hydrogen-bond acceptors (Lipinski definition) is 5. The van der Waals surface area contributed by atoms with E-state index in [4.69, 9.17) is 14.2 Å². The molecular formula is C15H15NO4. The van der Waals surface area contributed by atoms with Crippen LogP contribution >= 0.6 is 0 Å². The molecule has 1 unspecified atom stereocenters. The van der Waals surface area contributed by atoms with Crippen molar-refractivity contribution in [2.45, 2.75) is 6.10 Å². The molecule has 5 heteroatoms. The summed E-state index contributed by atoms with van der Waals surface area (Å²) in [5, 5.41) is 0.968. The number of hydrogen-bond donors (Lipinski definition) is 0. The normalized spacial score (nSPS) is 18.9. The van der Waals surface area contributed by atoms with Gasteiger partial charge in [0, 0.05) is 5.39 Å². The number of benzene rings is 1. The first kappa shape index (κ1) is 13.0. The number of fused-ring (bicyclic) bond motifs is 1. The number of esters is 1. The van der Waals surface area contributed by atoms with Crippen molar-refractivity contribution in [1.82, 2.24) is 4.98 Å². The monoisotopic (exact) mass is 273 g/mol. The van der Waals surface area contributed by atoms with Crippen molar-refractivity contribution < 1.29 is 19.0 Å². The second-order valence-electron chi connectivity index (χ2n) is 4.54. The minimum Gasteiger partial charge on any atom is -0.464 e. The average molecular weight is 273 g/mol. The molecule has 1 saturated heterocycles. The summed E-state index contributed by atoms with van der Waals surface area (Å²) in [6.07, 6.45) is -0.181. The number of ether oxygens (including phenoxy) is 3. The summed E-state index contributed by atoms with van der Waals surface area (Å²) < 4.78 is 15.9. The van der Waals surface area contributed by atoms with Gasteiger partial charge in [-0.3, -0.25) is 0 Å². The maximum Gasteiger partial charge on any atom is 0.356 e. The van der Waals surface area contributed by atoms with E-state index in [1.165, 1.54) is 7.11 Å². The third-order valence-electron chi connectivity index (χ3n) is 3.31. The van der Waals surface area contributed by atoms with E-state index < -0.39 is 5.97 Å². The second-order valence-corrected chi connectivity index (χ2v) is 4.54. The van der Waals surface area contributed by atoms with Crippen molar-refractivity contribution in [2.75, 3.05) is 26.9 Å². The molecule has 1 aliphatic heterocycles. The van der Waals surface area contributed by atoms with Gasteiger partial charge in [0.2, 0.25) is 0 Å². The van der Waals surface area contributed by atoms with E-state index in [-0.39, 0.29) is 11.8 Å². The summed E-state index contributed by atoms with van der Waals surface area (Å²) in [5.41, 5.74) is 1.95. The smallest absolute Gasteiger partial charge is 0.356 e. The van der Waals surface area contributed by atoms with Gasteiger partial charge >= 0.3 is 5.97 Å². The highest BCUT2D eigenvalue weighted by Crippen LogP contribution is 2.28. The van der Waals surface area contributed by atoms with Crippen molar-refractivity contribution in [3.05, 3.63) is 41.6 Å². The number of methoxy groups -OCH3 is 1.